The first-order valence-electron chi connectivity index (χ1n) is 3.51. The number of nitrogens with zero attached hydrogens (tertiary/aromatic N) is 1. The van der Waals surface area contributed by atoms with Crippen molar-refractivity contribution in [3.05, 3.63) is 23.5 Å². The standard InChI is InChI=1S/C9H9BrN2/c1-7-5-8(3-2-4-10)12-6-9(7)11/h5-6H,4,11H2,1H3. The van der Waals surface area contributed by atoms with Crippen molar-refractivity contribution in [2.24, 2.45) is 0 Å². The van der Waals surface area contributed by atoms with Gasteiger partial charge in [-0.3, -0.25) is 0 Å². The van der Waals surface area contributed by atoms with E-state index in [1.54, 1.807) is 6.20 Å². The maximum atomic E-state index is 5.60. The molecule has 62 valence electrons. The number of pyridine rings is 1. The highest BCUT2D eigenvalue weighted by atomic mass is 79.9. The predicted molar refractivity (Wildman–Crippen MR) is 54.1 cm³/mol. The monoisotopic (exact) mass is 224 g/mol. The second kappa shape index (κ2) is 4.13. The van der Waals surface area contributed by atoms with Crippen LogP contribution in [0.25, 0.3) is 0 Å². The van der Waals surface area contributed by atoms with Crippen molar-refractivity contribution >= 4 is 21.6 Å². The van der Waals surface area contributed by atoms with Gasteiger partial charge >= 0.3 is 0 Å². The third kappa shape index (κ3) is 2.24. The second-order valence-electron chi connectivity index (χ2n) is 2.36. The Morgan fingerprint density at radius 1 is 1.67 bits per heavy atom. The van der Waals surface area contributed by atoms with E-state index in [4.69, 9.17) is 5.73 Å². The average molecular weight is 225 g/mol. The molecule has 0 fully saturated rings. The lowest BCUT2D eigenvalue weighted by atomic mass is 10.2. The van der Waals surface area contributed by atoms with Crippen LogP contribution in [0.4, 0.5) is 5.69 Å². The normalized spacial score (nSPS) is 8.83. The van der Waals surface area contributed by atoms with Crippen LogP contribution in [0.3, 0.4) is 0 Å². The van der Waals surface area contributed by atoms with E-state index in [0.717, 1.165) is 11.3 Å². The van der Waals surface area contributed by atoms with Gasteiger partial charge in [-0.25, -0.2) is 4.98 Å². The van der Waals surface area contributed by atoms with Gasteiger partial charge in [-0.1, -0.05) is 21.9 Å². The molecule has 0 bridgehead atoms. The van der Waals surface area contributed by atoms with E-state index in [9.17, 15) is 0 Å². The summed E-state index contributed by atoms with van der Waals surface area (Å²) in [6.45, 7) is 1.94. The molecular formula is C9H9BrN2. The van der Waals surface area contributed by atoms with Gasteiger partial charge in [0.05, 0.1) is 17.2 Å². The highest BCUT2D eigenvalue weighted by molar-refractivity contribution is 9.09. The van der Waals surface area contributed by atoms with Crippen LogP contribution in [0, 0.1) is 18.8 Å². The molecule has 2 N–H and O–H groups in total. The Morgan fingerprint density at radius 2 is 2.42 bits per heavy atom. The molecule has 2 nitrogen and oxygen atoms in total. The number of rotatable bonds is 0. The van der Waals surface area contributed by atoms with Crippen LogP contribution in [-0.2, 0) is 0 Å². The minimum atomic E-state index is 0.665. The van der Waals surface area contributed by atoms with Gasteiger partial charge in [0.25, 0.3) is 0 Å². The SMILES string of the molecule is Cc1cc(C#CCBr)ncc1N. The van der Waals surface area contributed by atoms with Crippen LogP contribution >= 0.6 is 15.9 Å². The molecule has 0 aliphatic heterocycles. The van der Waals surface area contributed by atoms with Crippen molar-refractivity contribution in [3.8, 4) is 11.8 Å². The largest absolute Gasteiger partial charge is 0.397 e. The van der Waals surface area contributed by atoms with Crippen molar-refractivity contribution < 1.29 is 0 Å². The molecule has 0 unspecified atom stereocenters. The fourth-order valence-corrected chi connectivity index (χ4v) is 0.899. The Kier molecular flexibility index (Phi) is 3.12. The summed E-state index contributed by atoms with van der Waals surface area (Å²) in [4.78, 5) is 4.06. The molecule has 12 heavy (non-hydrogen) atoms. The summed E-state index contributed by atoms with van der Waals surface area (Å²) in [7, 11) is 0. The van der Waals surface area contributed by atoms with Gasteiger partial charge in [-0.15, -0.1) is 0 Å². The first-order chi connectivity index (χ1) is 5.74. The van der Waals surface area contributed by atoms with Gasteiger partial charge in [-0.05, 0) is 24.5 Å². The molecule has 0 saturated carbocycles. The van der Waals surface area contributed by atoms with E-state index < -0.39 is 0 Å². The Hall–Kier alpha value is -1.01. The van der Waals surface area contributed by atoms with Crippen molar-refractivity contribution in [2.75, 3.05) is 11.1 Å². The lowest BCUT2D eigenvalue weighted by Crippen LogP contribution is -1.92. The third-order valence-corrected chi connectivity index (χ3v) is 1.71. The lowest BCUT2D eigenvalue weighted by molar-refractivity contribution is 1.26. The minimum absolute atomic E-state index is 0.665. The molecule has 0 atom stereocenters. The highest BCUT2D eigenvalue weighted by Crippen LogP contribution is 2.08. The van der Waals surface area contributed by atoms with Crippen LogP contribution in [0.2, 0.25) is 0 Å². The predicted octanol–water partition coefficient (Wildman–Crippen LogP) is 1.72. The number of halogens is 1. The van der Waals surface area contributed by atoms with Crippen molar-refractivity contribution in [1.82, 2.24) is 4.98 Å². The summed E-state index contributed by atoms with van der Waals surface area (Å²) in [6.07, 6.45) is 1.63. The van der Waals surface area contributed by atoms with Gasteiger partial charge in [0, 0.05) is 0 Å². The first-order valence-corrected chi connectivity index (χ1v) is 4.63. The molecule has 0 saturated heterocycles. The minimum Gasteiger partial charge on any atom is -0.397 e. The molecule has 0 radical (unpaired) electrons. The van der Waals surface area contributed by atoms with E-state index in [0.29, 0.717) is 11.0 Å². The molecule has 1 aromatic rings. The molecule has 1 rings (SSSR count). The van der Waals surface area contributed by atoms with E-state index >= 15 is 0 Å². The van der Waals surface area contributed by atoms with Gasteiger partial charge in [-0.2, -0.15) is 0 Å². The average Bonchev–Trinajstić information content (AvgIpc) is 2.07. The second-order valence-corrected chi connectivity index (χ2v) is 2.92. The van der Waals surface area contributed by atoms with E-state index in [1.807, 2.05) is 13.0 Å². The molecule has 1 aromatic heterocycles. The molecule has 0 aliphatic rings. The Labute approximate surface area is 80.3 Å². The summed E-state index contributed by atoms with van der Waals surface area (Å²) in [6, 6.07) is 1.88. The Morgan fingerprint density at radius 3 is 3.00 bits per heavy atom. The fourth-order valence-electron chi connectivity index (χ4n) is 0.759. The summed E-state index contributed by atoms with van der Waals surface area (Å²) in [5, 5.41) is 0.665. The van der Waals surface area contributed by atoms with Gasteiger partial charge < -0.3 is 5.73 Å². The Bertz CT molecular complexity index is 336. The summed E-state index contributed by atoms with van der Waals surface area (Å²) in [5.41, 5.74) is 8.09. The number of hydrogen-bond acceptors (Lipinski definition) is 2. The molecule has 0 aromatic carbocycles. The zero-order valence-corrected chi connectivity index (χ0v) is 8.35. The van der Waals surface area contributed by atoms with Crippen LogP contribution < -0.4 is 5.73 Å². The quantitative estimate of drug-likeness (QED) is 0.539. The number of nitrogens with two attached hydrogens (primary N) is 1. The maximum Gasteiger partial charge on any atom is 0.113 e. The Balaban J connectivity index is 2.97. The smallest absolute Gasteiger partial charge is 0.113 e. The van der Waals surface area contributed by atoms with Crippen LogP contribution in [-0.4, -0.2) is 10.3 Å². The van der Waals surface area contributed by atoms with Crippen LogP contribution in [0.1, 0.15) is 11.3 Å². The lowest BCUT2D eigenvalue weighted by Gasteiger charge is -1.97. The number of aromatic nitrogens is 1. The number of nitrogen functional groups attached to an aromatic ring is 1. The maximum absolute atomic E-state index is 5.60. The zero-order chi connectivity index (χ0) is 8.97. The third-order valence-electron chi connectivity index (χ3n) is 1.43. The van der Waals surface area contributed by atoms with Crippen molar-refractivity contribution in [1.29, 1.82) is 0 Å². The van der Waals surface area contributed by atoms with Gasteiger partial charge in [0.1, 0.15) is 5.69 Å². The molecule has 1 heterocycles. The topological polar surface area (TPSA) is 38.9 Å². The van der Waals surface area contributed by atoms with Gasteiger partial charge in [0.15, 0.2) is 0 Å². The number of hydrogen-bond donors (Lipinski definition) is 1. The van der Waals surface area contributed by atoms with Crippen LogP contribution in [0.15, 0.2) is 12.3 Å². The van der Waals surface area contributed by atoms with Crippen molar-refractivity contribution in [2.45, 2.75) is 6.92 Å². The molecule has 3 heteroatoms. The molecule has 0 amide bonds. The summed E-state index contributed by atoms with van der Waals surface area (Å²) in [5.74, 6) is 5.77. The van der Waals surface area contributed by atoms with E-state index in [1.165, 1.54) is 0 Å². The molecular weight excluding hydrogens is 216 g/mol. The number of alkyl halides is 1. The molecule has 0 spiro atoms. The zero-order valence-electron chi connectivity index (χ0n) is 6.76. The fraction of sp³-hybridized carbons (Fsp3) is 0.222. The number of anilines is 1. The van der Waals surface area contributed by atoms with E-state index in [2.05, 4.69) is 32.8 Å². The summed E-state index contributed by atoms with van der Waals surface area (Å²) >= 11 is 3.21. The van der Waals surface area contributed by atoms with Crippen LogP contribution in [0.5, 0.6) is 0 Å². The van der Waals surface area contributed by atoms with Crippen molar-refractivity contribution in [3.63, 3.8) is 0 Å². The number of aryl methyl sites for hydroxylation is 1. The molecule has 0 aliphatic carbocycles. The summed E-state index contributed by atoms with van der Waals surface area (Å²) < 4.78 is 0. The first kappa shape index (κ1) is 9.08. The van der Waals surface area contributed by atoms with E-state index in [-0.39, 0.29) is 0 Å². The van der Waals surface area contributed by atoms with Gasteiger partial charge in [0.2, 0.25) is 0 Å². The highest BCUT2D eigenvalue weighted by Gasteiger charge is 1.93.